The van der Waals surface area contributed by atoms with Crippen LogP contribution in [0.5, 0.6) is 11.5 Å². The van der Waals surface area contributed by atoms with Crippen LogP contribution in [0.15, 0.2) is 18.2 Å². The molecule has 15 heavy (non-hydrogen) atoms. The molecule has 2 rings (SSSR count). The molecule has 0 aliphatic carbocycles. The van der Waals surface area contributed by atoms with E-state index >= 15 is 0 Å². The van der Waals surface area contributed by atoms with E-state index in [1.807, 2.05) is 0 Å². The molecule has 0 saturated heterocycles. The van der Waals surface area contributed by atoms with Gasteiger partial charge in [0.1, 0.15) is 0 Å². The Morgan fingerprint density at radius 1 is 1.27 bits per heavy atom. The molecular formula is C9H9F2NO3. The molecule has 1 aliphatic heterocycles. The summed E-state index contributed by atoms with van der Waals surface area (Å²) < 4.78 is 33.8. The van der Waals surface area contributed by atoms with Gasteiger partial charge in [-0.15, -0.1) is 8.78 Å². The first-order valence-corrected chi connectivity index (χ1v) is 4.31. The van der Waals surface area contributed by atoms with Crippen LogP contribution in [0.4, 0.5) is 8.78 Å². The molecule has 4 nitrogen and oxygen atoms in total. The minimum absolute atomic E-state index is 0.0366. The van der Waals surface area contributed by atoms with E-state index in [-0.39, 0.29) is 11.5 Å². The van der Waals surface area contributed by atoms with Crippen LogP contribution in [0, 0.1) is 0 Å². The number of nitrogens with two attached hydrogens (primary N) is 1. The Bertz CT molecular complexity index is 370. The maximum Gasteiger partial charge on any atom is 0.586 e. The molecule has 0 saturated carbocycles. The lowest BCUT2D eigenvalue weighted by Gasteiger charge is -2.04. The molecule has 0 amide bonds. The van der Waals surface area contributed by atoms with Gasteiger partial charge >= 0.3 is 6.29 Å². The minimum Gasteiger partial charge on any atom is -0.395 e. The number of halogens is 2. The molecule has 1 heterocycles. The van der Waals surface area contributed by atoms with Crippen molar-refractivity contribution in [2.45, 2.75) is 12.7 Å². The van der Waals surface area contributed by atoms with Crippen molar-refractivity contribution in [3.05, 3.63) is 23.8 Å². The largest absolute Gasteiger partial charge is 0.586 e. The van der Waals surface area contributed by atoms with Crippen LogP contribution in [0.1, 0.15) is 5.56 Å². The third-order valence-corrected chi connectivity index (χ3v) is 1.97. The molecule has 2 N–H and O–H groups in total. The Morgan fingerprint density at radius 3 is 2.73 bits per heavy atom. The van der Waals surface area contributed by atoms with E-state index < -0.39 is 6.29 Å². The van der Waals surface area contributed by atoms with Crippen LogP contribution in [0.2, 0.25) is 0 Å². The predicted molar refractivity (Wildman–Crippen MR) is 46.5 cm³/mol. The van der Waals surface area contributed by atoms with Crippen LogP contribution in [0.3, 0.4) is 0 Å². The summed E-state index contributed by atoms with van der Waals surface area (Å²) in [6.07, 6.45) is -3.04. The second kappa shape index (κ2) is 3.63. The molecule has 0 unspecified atom stereocenters. The molecule has 0 bridgehead atoms. The van der Waals surface area contributed by atoms with Crippen LogP contribution in [0.25, 0.3) is 0 Å². The zero-order valence-corrected chi connectivity index (χ0v) is 7.70. The first-order valence-electron chi connectivity index (χ1n) is 4.31. The lowest BCUT2D eigenvalue weighted by Crippen LogP contribution is -2.25. The number of hydrogen-bond donors (Lipinski definition) is 1. The van der Waals surface area contributed by atoms with E-state index in [2.05, 4.69) is 14.3 Å². The summed E-state index contributed by atoms with van der Waals surface area (Å²) in [5.41, 5.74) is 0.792. The van der Waals surface area contributed by atoms with Gasteiger partial charge in [-0.25, -0.2) is 5.90 Å². The Kier molecular flexibility index (Phi) is 2.45. The summed E-state index contributed by atoms with van der Waals surface area (Å²) in [4.78, 5) is 4.39. The molecule has 0 aromatic heterocycles. The number of hydrogen-bond acceptors (Lipinski definition) is 4. The van der Waals surface area contributed by atoms with Crippen molar-refractivity contribution >= 4 is 0 Å². The van der Waals surface area contributed by atoms with Crippen molar-refractivity contribution in [1.29, 1.82) is 0 Å². The molecular weight excluding hydrogens is 208 g/mol. The van der Waals surface area contributed by atoms with E-state index in [1.165, 1.54) is 12.1 Å². The van der Waals surface area contributed by atoms with Gasteiger partial charge in [0, 0.05) is 0 Å². The molecule has 6 heteroatoms. The van der Waals surface area contributed by atoms with E-state index in [0.717, 1.165) is 5.56 Å². The van der Waals surface area contributed by atoms with E-state index in [4.69, 9.17) is 5.90 Å². The lowest BCUT2D eigenvalue weighted by molar-refractivity contribution is -0.286. The molecule has 0 radical (unpaired) electrons. The Hall–Kier alpha value is -1.40. The van der Waals surface area contributed by atoms with Crippen LogP contribution in [-0.2, 0) is 11.3 Å². The van der Waals surface area contributed by atoms with Crippen molar-refractivity contribution in [1.82, 2.24) is 0 Å². The standard InChI is InChI=1S/C9H9F2NO3/c10-9(11)14-7-2-1-6(3-4-13-12)5-8(7)15-9/h1-2,5H,3-4,12H2. The smallest absolute Gasteiger partial charge is 0.395 e. The SMILES string of the molecule is NOCCc1ccc2c(c1)OC(F)(F)O2. The van der Waals surface area contributed by atoms with Crippen molar-refractivity contribution in [2.75, 3.05) is 6.61 Å². The summed E-state index contributed by atoms with van der Waals surface area (Å²) in [7, 11) is 0. The zero-order chi connectivity index (χ0) is 10.9. The van der Waals surface area contributed by atoms with E-state index in [1.54, 1.807) is 6.07 Å². The number of benzene rings is 1. The molecule has 0 fully saturated rings. The van der Waals surface area contributed by atoms with Crippen LogP contribution >= 0.6 is 0 Å². The molecule has 0 atom stereocenters. The van der Waals surface area contributed by atoms with Gasteiger partial charge in [0.15, 0.2) is 11.5 Å². The second-order valence-corrected chi connectivity index (χ2v) is 3.07. The first-order chi connectivity index (χ1) is 7.11. The van der Waals surface area contributed by atoms with Gasteiger partial charge in [0.25, 0.3) is 0 Å². The maximum atomic E-state index is 12.6. The highest BCUT2D eigenvalue weighted by Crippen LogP contribution is 2.41. The predicted octanol–water partition coefficient (Wildman–Crippen LogP) is 1.44. The zero-order valence-electron chi connectivity index (χ0n) is 7.70. The van der Waals surface area contributed by atoms with Crippen molar-refractivity contribution in [2.24, 2.45) is 5.90 Å². The fraction of sp³-hybridized carbons (Fsp3) is 0.333. The second-order valence-electron chi connectivity index (χ2n) is 3.07. The van der Waals surface area contributed by atoms with Crippen molar-refractivity contribution in [3.8, 4) is 11.5 Å². The van der Waals surface area contributed by atoms with Gasteiger partial charge in [-0.05, 0) is 24.1 Å². The third-order valence-electron chi connectivity index (χ3n) is 1.97. The fourth-order valence-electron chi connectivity index (χ4n) is 1.33. The van der Waals surface area contributed by atoms with Crippen molar-refractivity contribution < 1.29 is 23.1 Å². The Morgan fingerprint density at radius 2 is 2.00 bits per heavy atom. The normalized spacial score (nSPS) is 16.7. The molecule has 1 aromatic rings. The van der Waals surface area contributed by atoms with E-state index in [9.17, 15) is 8.78 Å². The first kappa shape index (κ1) is 10.1. The monoisotopic (exact) mass is 217 g/mol. The highest BCUT2D eigenvalue weighted by molar-refractivity contribution is 5.45. The Balaban J connectivity index is 2.15. The number of alkyl halides is 2. The summed E-state index contributed by atoms with van der Waals surface area (Å²) >= 11 is 0. The maximum absolute atomic E-state index is 12.6. The number of ether oxygens (including phenoxy) is 2. The summed E-state index contributed by atoms with van der Waals surface area (Å²) in [5, 5.41) is 0. The fourth-order valence-corrected chi connectivity index (χ4v) is 1.33. The molecule has 82 valence electrons. The number of rotatable bonds is 3. The van der Waals surface area contributed by atoms with Gasteiger partial charge in [-0.3, -0.25) is 0 Å². The minimum atomic E-state index is -3.56. The molecule has 1 aromatic carbocycles. The summed E-state index contributed by atoms with van der Waals surface area (Å²) in [6.45, 7) is 0.316. The van der Waals surface area contributed by atoms with Gasteiger partial charge in [0.05, 0.1) is 6.61 Å². The molecule has 0 spiro atoms. The summed E-state index contributed by atoms with van der Waals surface area (Å²) in [5.74, 6) is 4.93. The van der Waals surface area contributed by atoms with Gasteiger partial charge < -0.3 is 14.3 Å². The lowest BCUT2D eigenvalue weighted by atomic mass is 10.1. The Labute approximate surface area is 84.5 Å². The third kappa shape index (κ3) is 2.16. The average molecular weight is 217 g/mol. The van der Waals surface area contributed by atoms with Gasteiger partial charge in [-0.1, -0.05) is 6.07 Å². The van der Waals surface area contributed by atoms with E-state index in [0.29, 0.717) is 13.0 Å². The highest BCUT2D eigenvalue weighted by atomic mass is 19.3. The highest BCUT2D eigenvalue weighted by Gasteiger charge is 2.43. The van der Waals surface area contributed by atoms with Gasteiger partial charge in [0.2, 0.25) is 0 Å². The topological polar surface area (TPSA) is 53.7 Å². The number of fused-ring (bicyclic) bond motifs is 1. The van der Waals surface area contributed by atoms with Gasteiger partial charge in [-0.2, -0.15) is 0 Å². The van der Waals surface area contributed by atoms with Crippen LogP contribution in [-0.4, -0.2) is 12.9 Å². The average Bonchev–Trinajstić information content (AvgIpc) is 2.47. The van der Waals surface area contributed by atoms with Crippen LogP contribution < -0.4 is 15.4 Å². The quantitative estimate of drug-likeness (QED) is 0.778. The van der Waals surface area contributed by atoms with Crippen molar-refractivity contribution in [3.63, 3.8) is 0 Å². The summed E-state index contributed by atoms with van der Waals surface area (Å²) in [6, 6.07) is 4.57. The molecule has 1 aliphatic rings.